The van der Waals surface area contributed by atoms with Crippen LogP contribution in [0.4, 0.5) is 0 Å². The fourth-order valence-corrected chi connectivity index (χ4v) is 2.68. The number of carbonyl (C=O) groups is 4. The second-order valence-corrected chi connectivity index (χ2v) is 7.59. The number of amides is 3. The molecule has 0 saturated carbocycles. The van der Waals surface area contributed by atoms with E-state index in [1.165, 1.54) is 45.1 Å². The number of methoxy groups -OCH3 is 1. The molecule has 0 aromatic rings. The van der Waals surface area contributed by atoms with Gasteiger partial charge in [0.25, 0.3) is 0 Å². The lowest BCUT2D eigenvalue weighted by Gasteiger charge is -2.26. The molecular formula is C23H42N3O6-. The number of aliphatic hydroxyl groups is 1. The molecule has 2 aliphatic heterocycles. The number of nitrogens with zero attached hydrogens (tertiary/aromatic N) is 3. The second-order valence-electron chi connectivity index (χ2n) is 7.59. The smallest absolute Gasteiger partial charge is 0.302 e. The summed E-state index contributed by atoms with van der Waals surface area (Å²) >= 11 is 0. The molecule has 0 bridgehead atoms. The molecule has 9 heteroatoms. The summed E-state index contributed by atoms with van der Waals surface area (Å²) in [4.78, 5) is 46.7. The average Bonchev–Trinajstić information content (AvgIpc) is 3.12. The Morgan fingerprint density at radius 2 is 1.59 bits per heavy atom. The Balaban J connectivity index is 0. The number of hydrogen-bond acceptors (Lipinski definition) is 6. The summed E-state index contributed by atoms with van der Waals surface area (Å²) in [6.07, 6.45) is 5.49. The van der Waals surface area contributed by atoms with E-state index in [2.05, 4.69) is 11.3 Å². The van der Waals surface area contributed by atoms with Gasteiger partial charge in [-0.25, -0.2) is 12.2 Å². The maximum absolute atomic E-state index is 10.8. The van der Waals surface area contributed by atoms with Crippen LogP contribution in [-0.4, -0.2) is 90.4 Å². The van der Waals surface area contributed by atoms with Crippen molar-refractivity contribution in [2.24, 2.45) is 0 Å². The van der Waals surface area contributed by atoms with Crippen LogP contribution in [0.2, 0.25) is 0 Å². The quantitative estimate of drug-likeness (QED) is 0.512. The minimum atomic E-state index is -0.245. The highest BCUT2D eigenvalue weighted by Crippen LogP contribution is 2.07. The highest BCUT2D eigenvalue weighted by atomic mass is 16.5. The summed E-state index contributed by atoms with van der Waals surface area (Å²) in [5, 5.41) is 8.55. The van der Waals surface area contributed by atoms with Crippen molar-refractivity contribution in [3.8, 4) is 0 Å². The summed E-state index contributed by atoms with van der Waals surface area (Å²) in [6, 6.07) is 0. The minimum Gasteiger partial charge on any atom is -0.469 e. The average molecular weight is 457 g/mol. The summed E-state index contributed by atoms with van der Waals surface area (Å²) in [6.45, 7) is 14.7. The van der Waals surface area contributed by atoms with Gasteiger partial charge < -0.3 is 24.5 Å². The van der Waals surface area contributed by atoms with Crippen molar-refractivity contribution in [2.75, 3.05) is 46.9 Å². The molecule has 9 nitrogen and oxygen atoms in total. The zero-order chi connectivity index (χ0) is 25.1. The molecule has 0 radical (unpaired) electrons. The first-order chi connectivity index (χ1) is 15.0. The first kappa shape index (κ1) is 31.6. The largest absolute Gasteiger partial charge is 0.469 e. The molecule has 32 heavy (non-hydrogen) atoms. The van der Waals surface area contributed by atoms with Crippen LogP contribution in [0.1, 0.15) is 59.8 Å². The molecule has 0 spiro atoms. The van der Waals surface area contributed by atoms with Crippen LogP contribution in [0.25, 0.3) is 0 Å². The molecule has 2 fully saturated rings. The summed E-state index contributed by atoms with van der Waals surface area (Å²) < 4.78 is 4.11. The molecule has 0 aromatic carbocycles. The Morgan fingerprint density at radius 3 is 1.81 bits per heavy atom. The number of aliphatic hydroxyl groups excluding tert-OH is 1. The monoisotopic (exact) mass is 456 g/mol. The molecule has 3 amide bonds. The zero-order valence-electron chi connectivity index (χ0n) is 20.7. The summed E-state index contributed by atoms with van der Waals surface area (Å²) in [5.74, 6) is 0.196. The third-order valence-corrected chi connectivity index (χ3v) is 4.52. The molecule has 0 atom stereocenters. The number of likely N-dealkylation sites (tertiary alicyclic amines) is 2. The fraction of sp³-hybridized carbons (Fsp3) is 0.696. The van der Waals surface area contributed by atoms with E-state index >= 15 is 0 Å². The zero-order valence-corrected chi connectivity index (χ0v) is 20.7. The van der Waals surface area contributed by atoms with Gasteiger partial charge in [0, 0.05) is 60.4 Å². The van der Waals surface area contributed by atoms with Crippen LogP contribution < -0.4 is 0 Å². The molecule has 0 unspecified atom stereocenters. The predicted molar refractivity (Wildman–Crippen MR) is 124 cm³/mol. The third kappa shape index (κ3) is 18.2. The number of esters is 1. The lowest BCUT2D eigenvalue weighted by molar-refractivity contribution is -0.138. The Labute approximate surface area is 193 Å². The van der Waals surface area contributed by atoms with E-state index in [4.69, 9.17) is 5.11 Å². The van der Waals surface area contributed by atoms with Crippen molar-refractivity contribution in [3.05, 3.63) is 18.7 Å². The molecule has 186 valence electrons. The lowest BCUT2D eigenvalue weighted by Crippen LogP contribution is -2.33. The molecular weight excluding hydrogens is 414 g/mol. The van der Waals surface area contributed by atoms with Crippen molar-refractivity contribution < 1.29 is 29.0 Å². The highest BCUT2D eigenvalue weighted by Gasteiger charge is 2.14. The van der Waals surface area contributed by atoms with Gasteiger partial charge in [0.05, 0.1) is 13.7 Å². The van der Waals surface area contributed by atoms with Gasteiger partial charge in [0.2, 0.25) is 17.7 Å². The number of ether oxygens (including phenoxy) is 1. The van der Waals surface area contributed by atoms with Crippen molar-refractivity contribution in [1.82, 2.24) is 14.7 Å². The van der Waals surface area contributed by atoms with Crippen LogP contribution in [0.5, 0.6) is 0 Å². The van der Waals surface area contributed by atoms with Crippen LogP contribution >= 0.6 is 0 Å². The number of hydrogen-bond donors (Lipinski definition) is 1. The van der Waals surface area contributed by atoms with Crippen LogP contribution in [0, 0.1) is 6.54 Å². The topological polar surface area (TPSA) is 107 Å². The molecule has 2 rings (SSSR count). The van der Waals surface area contributed by atoms with Gasteiger partial charge in [0.1, 0.15) is 0 Å². The van der Waals surface area contributed by atoms with Gasteiger partial charge in [-0.1, -0.05) is 6.92 Å². The number of rotatable bonds is 4. The molecule has 1 N–H and O–H groups in total. The Hall–Kier alpha value is -2.55. The first-order valence-electron chi connectivity index (χ1n) is 10.9. The van der Waals surface area contributed by atoms with Gasteiger partial charge in [-0.15, -0.1) is 6.54 Å². The summed E-state index contributed by atoms with van der Waals surface area (Å²) in [5.41, 5.74) is 0.800. The second kappa shape index (κ2) is 19.2. The van der Waals surface area contributed by atoms with E-state index in [9.17, 15) is 19.2 Å². The van der Waals surface area contributed by atoms with Gasteiger partial charge in [-0.05, 0) is 25.7 Å². The SMILES string of the molecule is C=C(C)[CH-]N(CCO)C(C)=O.CC(=O)N1CCCCC1.CN1CCCC1=O.COC(C)=O. The van der Waals surface area contributed by atoms with Crippen molar-refractivity contribution in [3.63, 3.8) is 0 Å². The summed E-state index contributed by atoms with van der Waals surface area (Å²) in [7, 11) is 3.19. The third-order valence-electron chi connectivity index (χ3n) is 4.52. The molecule has 2 saturated heterocycles. The fourth-order valence-electron chi connectivity index (χ4n) is 2.68. The van der Waals surface area contributed by atoms with E-state index in [0.29, 0.717) is 12.5 Å². The number of piperidine rings is 1. The van der Waals surface area contributed by atoms with Crippen molar-refractivity contribution in [2.45, 2.75) is 59.8 Å². The Morgan fingerprint density at radius 1 is 1.06 bits per heavy atom. The maximum atomic E-state index is 10.8. The molecule has 0 aromatic heterocycles. The van der Waals surface area contributed by atoms with Gasteiger partial charge in [-0.2, -0.15) is 0 Å². The van der Waals surface area contributed by atoms with Gasteiger partial charge in [0.15, 0.2) is 0 Å². The lowest BCUT2D eigenvalue weighted by atomic mass is 10.1. The molecule has 2 heterocycles. The molecule has 2 aliphatic rings. The van der Waals surface area contributed by atoms with Gasteiger partial charge >= 0.3 is 5.97 Å². The predicted octanol–water partition coefficient (Wildman–Crippen LogP) is 2.00. The van der Waals surface area contributed by atoms with Gasteiger partial charge in [-0.3, -0.25) is 19.2 Å². The van der Waals surface area contributed by atoms with Crippen molar-refractivity contribution in [1.29, 1.82) is 0 Å². The maximum Gasteiger partial charge on any atom is 0.302 e. The minimum absolute atomic E-state index is 0.0244. The molecule has 0 aliphatic carbocycles. The van der Waals surface area contributed by atoms with E-state index in [-0.39, 0.29) is 24.4 Å². The standard InChI is InChI=1S/C8H14NO2.C7H13NO.C5H9NO.C3H6O2/c1-7(2)6-9(4-5-10)8(3)11;1-7(9)8-5-3-2-4-6-8;1-6-4-2-3-5(6)7;1-3(4)5-2/h6,10H,1,4-5H2,2-3H3;2-6H2,1H3;2-4H2,1H3;1-2H3/q-1;;;. The van der Waals surface area contributed by atoms with E-state index < -0.39 is 0 Å². The first-order valence-corrected chi connectivity index (χ1v) is 10.9. The van der Waals surface area contributed by atoms with E-state index in [1.807, 2.05) is 11.9 Å². The van der Waals surface area contributed by atoms with Crippen LogP contribution in [0.15, 0.2) is 12.2 Å². The highest BCUT2D eigenvalue weighted by molar-refractivity contribution is 5.77. The van der Waals surface area contributed by atoms with E-state index in [0.717, 1.165) is 38.0 Å². The number of carbonyl (C=O) groups excluding carboxylic acids is 4. The van der Waals surface area contributed by atoms with Crippen LogP contribution in [-0.2, 0) is 23.9 Å². The Kier molecular flexibility index (Phi) is 18.9. The van der Waals surface area contributed by atoms with Crippen LogP contribution in [0.3, 0.4) is 0 Å². The van der Waals surface area contributed by atoms with E-state index in [1.54, 1.807) is 25.3 Å². The normalized spacial score (nSPS) is 14.4. The van der Waals surface area contributed by atoms with Crippen molar-refractivity contribution >= 4 is 23.7 Å². The Bertz CT molecular complexity index is 588.